The molecule has 0 amide bonds. The van der Waals surface area contributed by atoms with Gasteiger partial charge in [-0.05, 0) is 32.1 Å². The lowest BCUT2D eigenvalue weighted by Crippen LogP contribution is -2.23. The minimum Gasteiger partial charge on any atom is -0.0751 e. The highest BCUT2D eigenvalue weighted by atomic mass is 14.3. The van der Waals surface area contributed by atoms with E-state index in [4.69, 9.17) is 0 Å². The van der Waals surface area contributed by atoms with Crippen LogP contribution in [0.5, 0.6) is 0 Å². The van der Waals surface area contributed by atoms with E-state index in [1.165, 1.54) is 11.1 Å². The van der Waals surface area contributed by atoms with Crippen molar-refractivity contribution in [3.05, 3.63) is 30.2 Å². The van der Waals surface area contributed by atoms with Crippen LogP contribution in [0.25, 0.3) is 0 Å². The Bertz CT molecular complexity index is 216. The molecule has 1 rings (SSSR count). The molecule has 0 heterocycles. The Balaban J connectivity index is 3.01. The third-order valence-electron chi connectivity index (χ3n) is 2.68. The zero-order valence-corrected chi connectivity index (χ0v) is 7.94. The summed E-state index contributed by atoms with van der Waals surface area (Å²) in [6.07, 6.45) is 4.50. The van der Waals surface area contributed by atoms with Gasteiger partial charge in [-0.2, -0.15) is 0 Å². The van der Waals surface area contributed by atoms with Crippen LogP contribution in [-0.2, 0) is 0 Å². The van der Waals surface area contributed by atoms with Crippen molar-refractivity contribution in [1.29, 1.82) is 0 Å². The van der Waals surface area contributed by atoms with E-state index in [-0.39, 0.29) is 5.41 Å². The Morgan fingerprint density at radius 3 is 2.45 bits per heavy atom. The molecular formula is C11H17. The van der Waals surface area contributed by atoms with Crippen molar-refractivity contribution in [2.45, 2.75) is 27.7 Å². The van der Waals surface area contributed by atoms with Crippen LogP contribution in [0.15, 0.2) is 23.3 Å². The van der Waals surface area contributed by atoms with Crippen LogP contribution < -0.4 is 0 Å². The Morgan fingerprint density at radius 1 is 1.45 bits per heavy atom. The molecule has 0 bridgehead atoms. The van der Waals surface area contributed by atoms with Crippen molar-refractivity contribution < 1.29 is 0 Å². The molecule has 0 aromatic rings. The monoisotopic (exact) mass is 149 g/mol. The van der Waals surface area contributed by atoms with Gasteiger partial charge in [0.2, 0.25) is 0 Å². The van der Waals surface area contributed by atoms with Gasteiger partial charge in [0.15, 0.2) is 0 Å². The number of rotatable bonds is 0. The summed E-state index contributed by atoms with van der Waals surface area (Å²) < 4.78 is 0. The van der Waals surface area contributed by atoms with E-state index < -0.39 is 0 Å². The highest BCUT2D eigenvalue weighted by molar-refractivity contribution is 5.32. The Labute approximate surface area is 70.0 Å². The SMILES string of the molecule is [CH2]C1(C)C=C(C)C=C(C)C1C. The molecule has 0 fully saturated rings. The Morgan fingerprint density at radius 2 is 2.00 bits per heavy atom. The molecule has 0 aliphatic heterocycles. The standard InChI is InChI=1S/C11H17/c1-8-6-9(2)10(3)11(4,5)7-8/h6-7,10H,4H2,1-3,5H3. The highest BCUT2D eigenvalue weighted by Crippen LogP contribution is 2.37. The Hall–Kier alpha value is -0.520. The first kappa shape index (κ1) is 8.58. The predicted octanol–water partition coefficient (Wildman–Crippen LogP) is 3.37. The van der Waals surface area contributed by atoms with Crippen LogP contribution in [0.1, 0.15) is 27.7 Å². The summed E-state index contributed by atoms with van der Waals surface area (Å²) in [5.74, 6) is 0.575. The van der Waals surface area contributed by atoms with Crippen molar-refractivity contribution >= 4 is 0 Å². The maximum absolute atomic E-state index is 4.19. The van der Waals surface area contributed by atoms with E-state index in [2.05, 4.69) is 46.8 Å². The molecule has 2 unspecified atom stereocenters. The normalized spacial score (nSPS) is 29.4. The minimum absolute atomic E-state index is 0.100. The number of hydrogen-bond acceptors (Lipinski definition) is 0. The van der Waals surface area contributed by atoms with Gasteiger partial charge in [0, 0.05) is 0 Å². The molecule has 0 aromatic heterocycles. The summed E-state index contributed by atoms with van der Waals surface area (Å²) in [6.45, 7) is 12.9. The second kappa shape index (κ2) is 2.51. The average molecular weight is 149 g/mol. The van der Waals surface area contributed by atoms with Gasteiger partial charge in [0.25, 0.3) is 0 Å². The Kier molecular flexibility index (Phi) is 1.96. The molecule has 0 saturated carbocycles. The topological polar surface area (TPSA) is 0 Å². The summed E-state index contributed by atoms with van der Waals surface area (Å²) in [7, 11) is 0. The van der Waals surface area contributed by atoms with Gasteiger partial charge >= 0.3 is 0 Å². The molecule has 0 heteroatoms. The molecule has 0 saturated heterocycles. The van der Waals surface area contributed by atoms with Gasteiger partial charge in [-0.25, -0.2) is 0 Å². The molecule has 1 aliphatic carbocycles. The lowest BCUT2D eigenvalue weighted by Gasteiger charge is -2.33. The largest absolute Gasteiger partial charge is 0.0751 e. The summed E-state index contributed by atoms with van der Waals surface area (Å²) in [5, 5.41) is 0. The quantitative estimate of drug-likeness (QED) is 0.495. The molecule has 0 aromatic carbocycles. The molecule has 0 N–H and O–H groups in total. The maximum Gasteiger partial charge on any atom is -0.00777 e. The van der Waals surface area contributed by atoms with Gasteiger partial charge < -0.3 is 0 Å². The van der Waals surface area contributed by atoms with Gasteiger partial charge in [0.1, 0.15) is 0 Å². The van der Waals surface area contributed by atoms with Crippen LogP contribution in [0.4, 0.5) is 0 Å². The molecule has 2 atom stereocenters. The third kappa shape index (κ3) is 1.55. The van der Waals surface area contributed by atoms with Crippen molar-refractivity contribution in [2.75, 3.05) is 0 Å². The van der Waals surface area contributed by atoms with Crippen LogP contribution >= 0.6 is 0 Å². The van der Waals surface area contributed by atoms with E-state index in [0.717, 1.165) is 0 Å². The first-order valence-corrected chi connectivity index (χ1v) is 4.16. The molecule has 0 nitrogen and oxygen atoms in total. The van der Waals surface area contributed by atoms with Crippen LogP contribution in [0.2, 0.25) is 0 Å². The molecule has 61 valence electrons. The van der Waals surface area contributed by atoms with Crippen molar-refractivity contribution in [1.82, 2.24) is 0 Å². The summed E-state index contributed by atoms with van der Waals surface area (Å²) >= 11 is 0. The first-order chi connectivity index (χ1) is 4.93. The number of hydrogen-bond donors (Lipinski definition) is 0. The van der Waals surface area contributed by atoms with E-state index in [1.54, 1.807) is 0 Å². The summed E-state index contributed by atoms with van der Waals surface area (Å²) in [6, 6.07) is 0. The molecule has 11 heavy (non-hydrogen) atoms. The average Bonchev–Trinajstić information content (AvgIpc) is 1.81. The van der Waals surface area contributed by atoms with Crippen molar-refractivity contribution in [3.8, 4) is 0 Å². The minimum atomic E-state index is 0.100. The lowest BCUT2D eigenvalue weighted by molar-refractivity contribution is 0.391. The van der Waals surface area contributed by atoms with Crippen molar-refractivity contribution in [2.24, 2.45) is 11.3 Å². The van der Waals surface area contributed by atoms with E-state index in [1.807, 2.05) is 0 Å². The van der Waals surface area contributed by atoms with E-state index >= 15 is 0 Å². The van der Waals surface area contributed by atoms with Gasteiger partial charge in [-0.3, -0.25) is 0 Å². The maximum atomic E-state index is 4.19. The second-order valence-corrected chi connectivity index (χ2v) is 4.00. The van der Waals surface area contributed by atoms with Crippen molar-refractivity contribution in [3.63, 3.8) is 0 Å². The summed E-state index contributed by atoms with van der Waals surface area (Å²) in [5.41, 5.74) is 2.89. The fourth-order valence-corrected chi connectivity index (χ4v) is 1.69. The lowest BCUT2D eigenvalue weighted by atomic mass is 9.72. The fourth-order valence-electron chi connectivity index (χ4n) is 1.69. The third-order valence-corrected chi connectivity index (χ3v) is 2.68. The van der Waals surface area contributed by atoms with Gasteiger partial charge in [-0.1, -0.05) is 37.1 Å². The van der Waals surface area contributed by atoms with E-state index in [0.29, 0.717) is 5.92 Å². The van der Waals surface area contributed by atoms with Crippen LogP contribution in [0.3, 0.4) is 0 Å². The van der Waals surface area contributed by atoms with Crippen LogP contribution in [-0.4, -0.2) is 0 Å². The first-order valence-electron chi connectivity index (χ1n) is 4.16. The predicted molar refractivity (Wildman–Crippen MR) is 50.1 cm³/mol. The second-order valence-electron chi connectivity index (χ2n) is 4.00. The van der Waals surface area contributed by atoms with E-state index in [9.17, 15) is 0 Å². The van der Waals surface area contributed by atoms with Gasteiger partial charge in [-0.15, -0.1) is 0 Å². The zero-order valence-electron chi connectivity index (χ0n) is 7.94. The smallest absolute Gasteiger partial charge is 0.00777 e. The highest BCUT2D eigenvalue weighted by Gasteiger charge is 2.27. The molecule has 0 spiro atoms. The molecule has 1 radical (unpaired) electrons. The van der Waals surface area contributed by atoms with Gasteiger partial charge in [0.05, 0.1) is 0 Å². The molecule has 1 aliphatic rings. The zero-order chi connectivity index (χ0) is 8.65. The summed E-state index contributed by atoms with van der Waals surface area (Å²) in [4.78, 5) is 0. The fraction of sp³-hybridized carbons (Fsp3) is 0.545. The number of allylic oxidation sites excluding steroid dienone is 4. The van der Waals surface area contributed by atoms with Crippen LogP contribution in [0, 0.1) is 18.3 Å². The molecular weight excluding hydrogens is 132 g/mol.